The van der Waals surface area contributed by atoms with Crippen LogP contribution in [0.4, 0.5) is 20.2 Å². The first-order valence-electron chi connectivity index (χ1n) is 9.38. The van der Waals surface area contributed by atoms with Crippen LogP contribution in [-0.2, 0) is 0 Å². The first-order valence-corrected chi connectivity index (χ1v) is 9.38. The standard InChI is InChI=1S/C22H16F2N4O4/c1-32-19-11-8-14(12-18(19)28(30)31)21(29)25-15-9-6-13(7-10-15)20-26-16-4-2-3-5-17(16)27(20)22(23)24/h2-12,22H,1H3,(H,25,29). The van der Waals surface area contributed by atoms with Crippen LogP contribution in [0.2, 0.25) is 0 Å². The topological polar surface area (TPSA) is 99.3 Å². The van der Waals surface area contributed by atoms with E-state index in [0.29, 0.717) is 22.3 Å². The molecule has 162 valence electrons. The van der Waals surface area contributed by atoms with Crippen LogP contribution in [0, 0.1) is 10.1 Å². The van der Waals surface area contributed by atoms with E-state index in [4.69, 9.17) is 4.74 Å². The number of ether oxygens (including phenoxy) is 1. The number of amides is 1. The van der Waals surface area contributed by atoms with Gasteiger partial charge in [0, 0.05) is 22.9 Å². The predicted molar refractivity (Wildman–Crippen MR) is 114 cm³/mol. The van der Waals surface area contributed by atoms with Gasteiger partial charge in [-0.25, -0.2) is 4.98 Å². The van der Waals surface area contributed by atoms with Gasteiger partial charge in [-0.2, -0.15) is 8.78 Å². The molecule has 8 nitrogen and oxygen atoms in total. The number of para-hydroxylation sites is 2. The van der Waals surface area contributed by atoms with Crippen LogP contribution in [-0.4, -0.2) is 27.5 Å². The van der Waals surface area contributed by atoms with Crippen LogP contribution < -0.4 is 10.1 Å². The Morgan fingerprint density at radius 2 is 1.84 bits per heavy atom. The number of nitro groups is 1. The van der Waals surface area contributed by atoms with Gasteiger partial charge < -0.3 is 10.1 Å². The maximum absolute atomic E-state index is 13.7. The summed E-state index contributed by atoms with van der Waals surface area (Å²) in [6.45, 7) is -2.78. The zero-order chi connectivity index (χ0) is 22.8. The van der Waals surface area contributed by atoms with Gasteiger partial charge in [-0.1, -0.05) is 12.1 Å². The number of carbonyl (C=O) groups excluding carboxylic acids is 1. The predicted octanol–water partition coefficient (Wildman–Crippen LogP) is 5.27. The second-order valence-corrected chi connectivity index (χ2v) is 6.75. The lowest BCUT2D eigenvalue weighted by molar-refractivity contribution is -0.385. The van der Waals surface area contributed by atoms with Crippen molar-refractivity contribution in [3.63, 3.8) is 0 Å². The molecule has 0 radical (unpaired) electrons. The maximum atomic E-state index is 13.7. The highest BCUT2D eigenvalue weighted by molar-refractivity contribution is 6.05. The van der Waals surface area contributed by atoms with E-state index in [-0.39, 0.29) is 22.8 Å². The Morgan fingerprint density at radius 3 is 2.50 bits per heavy atom. The van der Waals surface area contributed by atoms with Gasteiger partial charge in [-0.05, 0) is 48.5 Å². The van der Waals surface area contributed by atoms with Crippen molar-refractivity contribution >= 4 is 28.3 Å². The quantitative estimate of drug-likeness (QED) is 0.327. The zero-order valence-electron chi connectivity index (χ0n) is 16.7. The van der Waals surface area contributed by atoms with E-state index in [1.54, 1.807) is 48.5 Å². The summed E-state index contributed by atoms with van der Waals surface area (Å²) in [4.78, 5) is 27.3. The number of alkyl halides is 2. The summed E-state index contributed by atoms with van der Waals surface area (Å²) in [5.74, 6) is -0.425. The number of carbonyl (C=O) groups is 1. The van der Waals surface area contributed by atoms with Crippen LogP contribution in [0.25, 0.3) is 22.4 Å². The minimum Gasteiger partial charge on any atom is -0.490 e. The molecule has 32 heavy (non-hydrogen) atoms. The Morgan fingerprint density at radius 1 is 1.12 bits per heavy atom. The molecule has 0 saturated carbocycles. The van der Waals surface area contributed by atoms with Gasteiger partial charge in [0.2, 0.25) is 0 Å². The lowest BCUT2D eigenvalue weighted by atomic mass is 10.1. The molecule has 3 aromatic carbocycles. The van der Waals surface area contributed by atoms with Crippen molar-refractivity contribution < 1.29 is 23.2 Å². The fraction of sp³-hybridized carbons (Fsp3) is 0.0909. The molecule has 0 atom stereocenters. The van der Waals surface area contributed by atoms with Crippen LogP contribution in [0.1, 0.15) is 16.9 Å². The number of halogens is 2. The summed E-state index contributed by atoms with van der Waals surface area (Å²) in [5.41, 5.74) is 1.33. The monoisotopic (exact) mass is 438 g/mol. The highest BCUT2D eigenvalue weighted by Crippen LogP contribution is 2.31. The number of anilines is 1. The average molecular weight is 438 g/mol. The minimum atomic E-state index is -2.78. The van der Waals surface area contributed by atoms with Gasteiger partial charge in [0.25, 0.3) is 5.91 Å². The highest BCUT2D eigenvalue weighted by atomic mass is 19.3. The molecule has 0 aliphatic carbocycles. The lowest BCUT2D eigenvalue weighted by Gasteiger charge is -2.10. The van der Waals surface area contributed by atoms with Gasteiger partial charge in [0.05, 0.1) is 23.1 Å². The Hall–Kier alpha value is -4.34. The number of hydrogen-bond acceptors (Lipinski definition) is 5. The summed E-state index contributed by atoms with van der Waals surface area (Å²) in [7, 11) is 1.30. The molecule has 0 saturated heterocycles. The molecule has 0 unspecified atom stereocenters. The van der Waals surface area contributed by atoms with Crippen molar-refractivity contribution in [1.29, 1.82) is 0 Å². The van der Waals surface area contributed by atoms with Crippen molar-refractivity contribution in [3.8, 4) is 17.1 Å². The minimum absolute atomic E-state index is 0.0396. The van der Waals surface area contributed by atoms with Crippen molar-refractivity contribution in [1.82, 2.24) is 9.55 Å². The van der Waals surface area contributed by atoms with Crippen molar-refractivity contribution in [2.75, 3.05) is 12.4 Å². The Balaban J connectivity index is 1.60. The second kappa shape index (κ2) is 8.42. The maximum Gasteiger partial charge on any atom is 0.320 e. The van der Waals surface area contributed by atoms with E-state index < -0.39 is 17.4 Å². The lowest BCUT2D eigenvalue weighted by Crippen LogP contribution is -2.12. The van der Waals surface area contributed by atoms with Crippen LogP contribution >= 0.6 is 0 Å². The van der Waals surface area contributed by atoms with Crippen molar-refractivity contribution in [3.05, 3.63) is 82.4 Å². The molecule has 0 aliphatic rings. The molecule has 1 heterocycles. The van der Waals surface area contributed by atoms with Gasteiger partial charge >= 0.3 is 12.2 Å². The Bertz CT molecular complexity index is 1320. The number of hydrogen-bond donors (Lipinski definition) is 1. The van der Waals surface area contributed by atoms with Crippen LogP contribution in [0.5, 0.6) is 5.75 Å². The Labute approximate surface area is 180 Å². The van der Waals surface area contributed by atoms with Crippen molar-refractivity contribution in [2.24, 2.45) is 0 Å². The highest BCUT2D eigenvalue weighted by Gasteiger charge is 2.20. The van der Waals surface area contributed by atoms with Crippen LogP contribution in [0.15, 0.2) is 66.7 Å². The van der Waals surface area contributed by atoms with Gasteiger partial charge in [0.1, 0.15) is 5.82 Å². The zero-order valence-corrected chi connectivity index (χ0v) is 16.7. The molecule has 0 bridgehead atoms. The second-order valence-electron chi connectivity index (χ2n) is 6.75. The smallest absolute Gasteiger partial charge is 0.320 e. The number of fused-ring (bicyclic) bond motifs is 1. The molecule has 4 rings (SSSR count). The number of nitrogens with zero attached hydrogens (tertiary/aromatic N) is 3. The van der Waals surface area contributed by atoms with Crippen molar-refractivity contribution in [2.45, 2.75) is 6.55 Å². The molecular formula is C22H16F2N4O4. The summed E-state index contributed by atoms with van der Waals surface area (Å²) < 4.78 is 33.1. The molecule has 0 spiro atoms. The number of rotatable bonds is 6. The van der Waals surface area contributed by atoms with Gasteiger partial charge in [-0.15, -0.1) is 0 Å². The average Bonchev–Trinajstić information content (AvgIpc) is 3.19. The Kier molecular flexibility index (Phi) is 5.50. The largest absolute Gasteiger partial charge is 0.490 e. The normalized spacial score (nSPS) is 11.0. The summed E-state index contributed by atoms with van der Waals surface area (Å²) in [5, 5.41) is 13.8. The molecule has 0 fully saturated rings. The van der Waals surface area contributed by atoms with Gasteiger partial charge in [-0.3, -0.25) is 19.5 Å². The number of benzene rings is 3. The summed E-state index contributed by atoms with van der Waals surface area (Å²) >= 11 is 0. The van der Waals surface area contributed by atoms with E-state index in [0.717, 1.165) is 10.6 Å². The summed E-state index contributed by atoms with van der Waals surface area (Å²) in [6, 6.07) is 16.7. The number of imidazole rings is 1. The van der Waals surface area contributed by atoms with Crippen LogP contribution in [0.3, 0.4) is 0 Å². The van der Waals surface area contributed by atoms with E-state index in [2.05, 4.69) is 10.3 Å². The third-order valence-electron chi connectivity index (χ3n) is 4.83. The molecule has 1 N–H and O–H groups in total. The number of methoxy groups -OCH3 is 1. The van der Waals surface area contributed by atoms with Gasteiger partial charge in [0.15, 0.2) is 5.75 Å². The molecule has 4 aromatic rings. The molecule has 10 heteroatoms. The third-order valence-corrected chi connectivity index (χ3v) is 4.83. The molecular weight excluding hydrogens is 422 g/mol. The number of nitrogens with one attached hydrogen (secondary N) is 1. The fourth-order valence-electron chi connectivity index (χ4n) is 3.33. The number of aromatic nitrogens is 2. The van der Waals surface area contributed by atoms with E-state index in [1.165, 1.54) is 19.2 Å². The first-order chi connectivity index (χ1) is 15.4. The van der Waals surface area contributed by atoms with E-state index >= 15 is 0 Å². The summed E-state index contributed by atoms with van der Waals surface area (Å²) in [6.07, 6.45) is 0. The molecule has 1 amide bonds. The molecule has 1 aromatic heterocycles. The van der Waals surface area contributed by atoms with E-state index in [9.17, 15) is 23.7 Å². The number of nitro benzene ring substituents is 1. The fourth-order valence-corrected chi connectivity index (χ4v) is 3.33. The molecule has 0 aliphatic heterocycles. The first kappa shape index (κ1) is 20.9. The van der Waals surface area contributed by atoms with E-state index in [1.807, 2.05) is 0 Å². The SMILES string of the molecule is COc1ccc(C(=O)Nc2ccc(-c3nc4ccccc4n3C(F)F)cc2)cc1[N+](=O)[O-]. The third kappa shape index (κ3) is 3.85.